The zero-order valence-corrected chi connectivity index (χ0v) is 10.5. The third-order valence-corrected chi connectivity index (χ3v) is 3.70. The van der Waals surface area contributed by atoms with Crippen molar-refractivity contribution in [3.63, 3.8) is 0 Å². The molecule has 1 aromatic carbocycles. The van der Waals surface area contributed by atoms with Gasteiger partial charge in [0.15, 0.2) is 0 Å². The Morgan fingerprint density at radius 3 is 2.67 bits per heavy atom. The maximum Gasteiger partial charge on any atom is 0.0486 e. The van der Waals surface area contributed by atoms with E-state index in [-0.39, 0.29) is 5.54 Å². The fraction of sp³-hybridized carbons (Fsp3) is 0.500. The van der Waals surface area contributed by atoms with Gasteiger partial charge in [-0.05, 0) is 37.6 Å². The van der Waals surface area contributed by atoms with Crippen molar-refractivity contribution in [3.8, 4) is 0 Å². The number of ether oxygens (including phenoxy) is 1. The van der Waals surface area contributed by atoms with E-state index in [1.54, 1.807) is 0 Å². The highest BCUT2D eigenvalue weighted by molar-refractivity contribution is 9.10. The van der Waals surface area contributed by atoms with Gasteiger partial charge in [-0.3, -0.25) is 0 Å². The summed E-state index contributed by atoms with van der Waals surface area (Å²) in [5.41, 5.74) is 1.45. The van der Waals surface area contributed by atoms with Crippen molar-refractivity contribution in [2.45, 2.75) is 18.4 Å². The third kappa shape index (κ3) is 2.25. The molecule has 3 heteroatoms. The Balaban J connectivity index is 2.32. The molecule has 0 aromatic heterocycles. The molecule has 1 aliphatic rings. The number of benzene rings is 1. The van der Waals surface area contributed by atoms with Gasteiger partial charge < -0.3 is 10.1 Å². The standard InChI is InChI=1S/C12H16BrNO/c1-14-12(5-7-15-8-6-12)10-3-2-4-11(13)9-10/h2-4,9,14H,5-8H2,1H3. The molecule has 1 heterocycles. The highest BCUT2D eigenvalue weighted by Crippen LogP contribution is 2.32. The quantitative estimate of drug-likeness (QED) is 0.892. The van der Waals surface area contributed by atoms with E-state index in [0.717, 1.165) is 30.5 Å². The third-order valence-electron chi connectivity index (χ3n) is 3.20. The van der Waals surface area contributed by atoms with E-state index in [2.05, 4.69) is 45.5 Å². The molecule has 0 bridgehead atoms. The van der Waals surface area contributed by atoms with Crippen LogP contribution in [0, 0.1) is 0 Å². The van der Waals surface area contributed by atoms with Crippen LogP contribution >= 0.6 is 15.9 Å². The molecule has 0 saturated carbocycles. The number of hydrogen-bond donors (Lipinski definition) is 1. The normalized spacial score (nSPS) is 20.1. The second-order valence-electron chi connectivity index (χ2n) is 3.95. The molecule has 2 nitrogen and oxygen atoms in total. The maximum atomic E-state index is 5.43. The summed E-state index contributed by atoms with van der Waals surface area (Å²) in [6, 6.07) is 8.54. The molecule has 1 N–H and O–H groups in total. The zero-order valence-electron chi connectivity index (χ0n) is 8.92. The van der Waals surface area contributed by atoms with Crippen molar-refractivity contribution in [2.24, 2.45) is 0 Å². The molecule has 0 radical (unpaired) electrons. The fourth-order valence-electron chi connectivity index (χ4n) is 2.19. The van der Waals surface area contributed by atoms with Gasteiger partial charge in [0.25, 0.3) is 0 Å². The molecule has 1 saturated heterocycles. The van der Waals surface area contributed by atoms with Crippen LogP contribution in [0.4, 0.5) is 0 Å². The largest absolute Gasteiger partial charge is 0.381 e. The first-order chi connectivity index (χ1) is 7.27. The van der Waals surface area contributed by atoms with Crippen LogP contribution < -0.4 is 5.32 Å². The average Bonchev–Trinajstić information content (AvgIpc) is 2.30. The Bertz CT molecular complexity index is 334. The van der Waals surface area contributed by atoms with E-state index in [0.29, 0.717) is 0 Å². The second-order valence-corrected chi connectivity index (χ2v) is 4.87. The highest BCUT2D eigenvalue weighted by atomic mass is 79.9. The summed E-state index contributed by atoms with van der Waals surface area (Å²) in [5.74, 6) is 0. The predicted octanol–water partition coefficient (Wildman–Crippen LogP) is 2.67. The molecule has 1 fully saturated rings. The Morgan fingerprint density at radius 2 is 2.07 bits per heavy atom. The van der Waals surface area contributed by atoms with Crippen LogP contribution in [-0.4, -0.2) is 20.3 Å². The van der Waals surface area contributed by atoms with Gasteiger partial charge in [-0.15, -0.1) is 0 Å². The first-order valence-electron chi connectivity index (χ1n) is 5.29. The van der Waals surface area contributed by atoms with Gasteiger partial charge in [0.05, 0.1) is 0 Å². The van der Waals surface area contributed by atoms with Crippen LogP contribution in [0.25, 0.3) is 0 Å². The van der Waals surface area contributed by atoms with Crippen molar-refractivity contribution in [1.82, 2.24) is 5.32 Å². The number of nitrogens with one attached hydrogen (secondary N) is 1. The van der Waals surface area contributed by atoms with E-state index in [1.165, 1.54) is 5.56 Å². The molecular weight excluding hydrogens is 254 g/mol. The number of halogens is 1. The summed E-state index contributed by atoms with van der Waals surface area (Å²) in [7, 11) is 2.03. The summed E-state index contributed by atoms with van der Waals surface area (Å²) in [4.78, 5) is 0. The summed E-state index contributed by atoms with van der Waals surface area (Å²) < 4.78 is 6.57. The summed E-state index contributed by atoms with van der Waals surface area (Å²) in [6.45, 7) is 1.68. The van der Waals surface area contributed by atoms with E-state index in [4.69, 9.17) is 4.74 Å². The predicted molar refractivity (Wildman–Crippen MR) is 64.9 cm³/mol. The molecule has 1 aromatic rings. The van der Waals surface area contributed by atoms with Crippen molar-refractivity contribution >= 4 is 15.9 Å². The van der Waals surface area contributed by atoms with E-state index >= 15 is 0 Å². The molecule has 1 aliphatic heterocycles. The lowest BCUT2D eigenvalue weighted by atomic mass is 9.83. The van der Waals surface area contributed by atoms with Gasteiger partial charge >= 0.3 is 0 Å². The molecule has 0 unspecified atom stereocenters. The van der Waals surface area contributed by atoms with Crippen LogP contribution in [0.5, 0.6) is 0 Å². The lowest BCUT2D eigenvalue weighted by Crippen LogP contribution is -2.44. The lowest BCUT2D eigenvalue weighted by molar-refractivity contribution is 0.0398. The fourth-order valence-corrected chi connectivity index (χ4v) is 2.59. The minimum atomic E-state index is 0.0992. The van der Waals surface area contributed by atoms with E-state index in [9.17, 15) is 0 Å². The Hall–Kier alpha value is -0.380. The van der Waals surface area contributed by atoms with Crippen LogP contribution in [0.15, 0.2) is 28.7 Å². The molecule has 82 valence electrons. The summed E-state index contributed by atoms with van der Waals surface area (Å²) in [6.07, 6.45) is 2.08. The van der Waals surface area contributed by atoms with Crippen molar-refractivity contribution in [3.05, 3.63) is 34.3 Å². The highest BCUT2D eigenvalue weighted by Gasteiger charge is 2.32. The van der Waals surface area contributed by atoms with Gasteiger partial charge in [-0.25, -0.2) is 0 Å². The van der Waals surface area contributed by atoms with Gasteiger partial charge in [-0.2, -0.15) is 0 Å². The maximum absolute atomic E-state index is 5.43. The topological polar surface area (TPSA) is 21.3 Å². The van der Waals surface area contributed by atoms with Gasteiger partial charge in [0.1, 0.15) is 0 Å². The Labute approximate surface area is 99.1 Å². The van der Waals surface area contributed by atoms with Gasteiger partial charge in [0, 0.05) is 23.2 Å². The second kappa shape index (κ2) is 4.64. The lowest BCUT2D eigenvalue weighted by Gasteiger charge is -2.37. The Kier molecular flexibility index (Phi) is 3.44. The molecule has 15 heavy (non-hydrogen) atoms. The molecule has 0 atom stereocenters. The zero-order chi connectivity index (χ0) is 10.7. The minimum absolute atomic E-state index is 0.0992. The summed E-state index contributed by atoms with van der Waals surface area (Å²) >= 11 is 3.52. The van der Waals surface area contributed by atoms with Crippen LogP contribution in [-0.2, 0) is 10.3 Å². The van der Waals surface area contributed by atoms with Crippen molar-refractivity contribution in [1.29, 1.82) is 0 Å². The van der Waals surface area contributed by atoms with E-state index in [1.807, 2.05) is 7.05 Å². The van der Waals surface area contributed by atoms with Crippen molar-refractivity contribution < 1.29 is 4.74 Å². The molecule has 0 spiro atoms. The number of rotatable bonds is 2. The van der Waals surface area contributed by atoms with Gasteiger partial charge in [-0.1, -0.05) is 28.1 Å². The van der Waals surface area contributed by atoms with Gasteiger partial charge in [0.2, 0.25) is 0 Å². The van der Waals surface area contributed by atoms with E-state index < -0.39 is 0 Å². The van der Waals surface area contributed by atoms with Crippen molar-refractivity contribution in [2.75, 3.05) is 20.3 Å². The summed E-state index contributed by atoms with van der Waals surface area (Å²) in [5, 5.41) is 3.46. The average molecular weight is 270 g/mol. The van der Waals surface area contributed by atoms with Crippen LogP contribution in [0.1, 0.15) is 18.4 Å². The molecule has 0 amide bonds. The molecular formula is C12H16BrNO. The molecule has 0 aliphatic carbocycles. The van der Waals surface area contributed by atoms with Crippen LogP contribution in [0.2, 0.25) is 0 Å². The van der Waals surface area contributed by atoms with Crippen LogP contribution in [0.3, 0.4) is 0 Å². The Morgan fingerprint density at radius 1 is 1.33 bits per heavy atom. The monoisotopic (exact) mass is 269 g/mol. The SMILES string of the molecule is CNC1(c2cccc(Br)c2)CCOCC1. The molecule has 2 rings (SSSR count). The minimum Gasteiger partial charge on any atom is -0.381 e. The first-order valence-corrected chi connectivity index (χ1v) is 6.09. The number of hydrogen-bond acceptors (Lipinski definition) is 2. The first kappa shape index (κ1) is 11.1. The smallest absolute Gasteiger partial charge is 0.0486 e.